The van der Waals surface area contributed by atoms with Crippen LogP contribution in [0.4, 0.5) is 11.8 Å². The van der Waals surface area contributed by atoms with Crippen LogP contribution in [-0.2, 0) is 4.74 Å². The third-order valence-electron chi connectivity index (χ3n) is 5.27. The van der Waals surface area contributed by atoms with E-state index < -0.39 is 31.1 Å². The lowest BCUT2D eigenvalue weighted by atomic mass is 9.93. The monoisotopic (exact) mass is 380 g/mol. The number of nitrogens with two attached hydrogens (primary N) is 1. The van der Waals surface area contributed by atoms with Crippen LogP contribution >= 0.6 is 0 Å². The van der Waals surface area contributed by atoms with Crippen LogP contribution in [0, 0.1) is 0 Å². The van der Waals surface area contributed by atoms with Crippen LogP contribution in [0.1, 0.15) is 31.9 Å². The zero-order valence-electron chi connectivity index (χ0n) is 14.6. The van der Waals surface area contributed by atoms with Crippen molar-refractivity contribution in [3.05, 3.63) is 6.33 Å². The number of ether oxygens (including phenoxy) is 1. The van der Waals surface area contributed by atoms with Crippen molar-refractivity contribution in [1.29, 1.82) is 0 Å². The first-order valence-corrected chi connectivity index (χ1v) is 9.05. The molecule has 11 nitrogen and oxygen atoms in total. The third kappa shape index (κ3) is 3.32. The Labute approximate surface area is 154 Å². The summed E-state index contributed by atoms with van der Waals surface area (Å²) in [6.45, 7) is -0.418. The van der Waals surface area contributed by atoms with Gasteiger partial charge in [0.25, 0.3) is 0 Å². The van der Waals surface area contributed by atoms with E-state index in [1.54, 1.807) is 0 Å². The zero-order valence-corrected chi connectivity index (χ0v) is 14.6. The second kappa shape index (κ2) is 7.17. The Kier molecular flexibility index (Phi) is 4.86. The number of imidazole rings is 1. The Morgan fingerprint density at radius 3 is 2.56 bits per heavy atom. The van der Waals surface area contributed by atoms with Gasteiger partial charge in [-0.25, -0.2) is 4.98 Å². The molecule has 0 aromatic carbocycles. The molecule has 11 heteroatoms. The normalized spacial score (nSPS) is 34.2. The van der Waals surface area contributed by atoms with Gasteiger partial charge in [0.15, 0.2) is 17.7 Å². The number of nitrogens with zero attached hydrogens (tertiary/aromatic N) is 4. The molecule has 3 heterocycles. The van der Waals surface area contributed by atoms with Gasteiger partial charge in [-0.3, -0.25) is 4.57 Å². The smallest absolute Gasteiger partial charge is 0.226 e. The van der Waals surface area contributed by atoms with Crippen molar-refractivity contribution in [2.45, 2.75) is 62.4 Å². The summed E-state index contributed by atoms with van der Waals surface area (Å²) >= 11 is 0. The fourth-order valence-electron chi connectivity index (χ4n) is 3.70. The zero-order chi connectivity index (χ0) is 19.1. The van der Waals surface area contributed by atoms with E-state index in [4.69, 9.17) is 10.5 Å². The summed E-state index contributed by atoms with van der Waals surface area (Å²) in [5.74, 6) is 0.513. The van der Waals surface area contributed by atoms with E-state index in [2.05, 4.69) is 20.3 Å². The second-order valence-corrected chi connectivity index (χ2v) is 7.14. The molecule has 4 rings (SSSR count). The van der Waals surface area contributed by atoms with Crippen LogP contribution in [0.25, 0.3) is 11.2 Å². The van der Waals surface area contributed by atoms with Gasteiger partial charge in [0.1, 0.15) is 23.8 Å². The summed E-state index contributed by atoms with van der Waals surface area (Å²) in [4.78, 5) is 12.9. The lowest BCUT2D eigenvalue weighted by Gasteiger charge is -2.26. The highest BCUT2D eigenvalue weighted by Crippen LogP contribution is 2.32. The van der Waals surface area contributed by atoms with Crippen LogP contribution in [0.15, 0.2) is 6.33 Å². The van der Waals surface area contributed by atoms with Crippen LogP contribution in [-0.4, -0.2) is 77.0 Å². The predicted octanol–water partition coefficient (Wildman–Crippen LogP) is -1.26. The molecule has 2 fully saturated rings. The minimum absolute atomic E-state index is 0.135. The number of rotatable bonds is 4. The molecule has 0 unspecified atom stereocenters. The molecule has 2 aromatic heterocycles. The van der Waals surface area contributed by atoms with Gasteiger partial charge in [0.05, 0.1) is 19.0 Å². The molecule has 2 aromatic rings. The summed E-state index contributed by atoms with van der Waals surface area (Å²) in [6.07, 6.45) is -0.114. The Bertz CT molecular complexity index is 808. The van der Waals surface area contributed by atoms with Gasteiger partial charge < -0.3 is 36.2 Å². The van der Waals surface area contributed by atoms with Gasteiger partial charge in [0, 0.05) is 6.04 Å². The molecule has 0 spiro atoms. The van der Waals surface area contributed by atoms with Crippen LogP contribution in [0.2, 0.25) is 0 Å². The molecule has 0 bridgehead atoms. The van der Waals surface area contributed by atoms with Crippen molar-refractivity contribution in [2.75, 3.05) is 17.7 Å². The van der Waals surface area contributed by atoms with E-state index in [1.807, 2.05) is 0 Å². The molecule has 7 N–H and O–H groups in total. The van der Waals surface area contributed by atoms with E-state index in [9.17, 15) is 20.4 Å². The summed E-state index contributed by atoms with van der Waals surface area (Å²) in [5.41, 5.74) is 6.73. The van der Waals surface area contributed by atoms with Crippen molar-refractivity contribution in [3.8, 4) is 0 Å². The highest BCUT2D eigenvalue weighted by molar-refractivity contribution is 5.83. The standard InChI is InChI=1S/C16H24N6O5/c17-13-10-14(21-16(20-13)19-7-1-3-8(24)4-2-7)22(6-18-10)15-12(26)11(25)9(5-23)27-15/h6-9,11-12,15,23-26H,1-5H2,(H3,17,19,20,21)/t7?,8?,9-,11-,12-,15-/m1/s1. The van der Waals surface area contributed by atoms with E-state index in [0.29, 0.717) is 17.1 Å². The van der Waals surface area contributed by atoms with Crippen molar-refractivity contribution in [2.24, 2.45) is 0 Å². The van der Waals surface area contributed by atoms with E-state index in [0.717, 1.165) is 25.7 Å². The van der Waals surface area contributed by atoms with E-state index in [-0.39, 0.29) is 18.0 Å². The van der Waals surface area contributed by atoms with Gasteiger partial charge in [-0.2, -0.15) is 9.97 Å². The Hall–Kier alpha value is -2.05. The number of aliphatic hydroxyl groups excluding tert-OH is 4. The summed E-state index contributed by atoms with van der Waals surface area (Å²) < 4.78 is 7.03. The lowest BCUT2D eigenvalue weighted by molar-refractivity contribution is -0.0511. The molecule has 0 radical (unpaired) electrons. The molecule has 2 aliphatic rings. The maximum absolute atomic E-state index is 10.3. The van der Waals surface area contributed by atoms with Gasteiger partial charge in [0.2, 0.25) is 5.95 Å². The van der Waals surface area contributed by atoms with Gasteiger partial charge in [-0.05, 0) is 25.7 Å². The fourth-order valence-corrected chi connectivity index (χ4v) is 3.70. The maximum Gasteiger partial charge on any atom is 0.226 e. The molecule has 1 saturated carbocycles. The first-order valence-electron chi connectivity index (χ1n) is 9.05. The largest absolute Gasteiger partial charge is 0.394 e. The topological polar surface area (TPSA) is 172 Å². The number of nitrogen functional groups attached to an aromatic ring is 1. The number of hydrogen-bond acceptors (Lipinski definition) is 10. The Balaban J connectivity index is 1.62. The van der Waals surface area contributed by atoms with E-state index >= 15 is 0 Å². The Morgan fingerprint density at radius 2 is 1.89 bits per heavy atom. The first kappa shape index (κ1) is 18.3. The number of fused-ring (bicyclic) bond motifs is 1. The van der Waals surface area contributed by atoms with Crippen LogP contribution < -0.4 is 11.1 Å². The van der Waals surface area contributed by atoms with E-state index in [1.165, 1.54) is 10.9 Å². The number of aromatic nitrogens is 4. The molecule has 148 valence electrons. The van der Waals surface area contributed by atoms with Crippen molar-refractivity contribution >= 4 is 22.9 Å². The molecule has 1 aliphatic carbocycles. The summed E-state index contributed by atoms with van der Waals surface area (Å²) in [6, 6.07) is 0.135. The highest BCUT2D eigenvalue weighted by atomic mass is 16.6. The molecule has 4 atom stereocenters. The summed E-state index contributed by atoms with van der Waals surface area (Å²) in [7, 11) is 0. The lowest BCUT2D eigenvalue weighted by Crippen LogP contribution is -2.33. The van der Waals surface area contributed by atoms with Crippen molar-refractivity contribution < 1.29 is 25.2 Å². The fraction of sp³-hybridized carbons (Fsp3) is 0.688. The second-order valence-electron chi connectivity index (χ2n) is 7.14. The maximum atomic E-state index is 10.3. The van der Waals surface area contributed by atoms with Gasteiger partial charge >= 0.3 is 0 Å². The summed E-state index contributed by atoms with van der Waals surface area (Å²) in [5, 5.41) is 42.4. The number of aliphatic hydroxyl groups is 4. The number of anilines is 2. The van der Waals surface area contributed by atoms with Gasteiger partial charge in [-0.1, -0.05) is 0 Å². The third-order valence-corrected chi connectivity index (χ3v) is 5.27. The molecule has 1 aliphatic heterocycles. The molecular formula is C16H24N6O5. The van der Waals surface area contributed by atoms with Crippen LogP contribution in [0.3, 0.4) is 0 Å². The number of nitrogens with one attached hydrogen (secondary N) is 1. The minimum Gasteiger partial charge on any atom is -0.394 e. The Morgan fingerprint density at radius 1 is 1.15 bits per heavy atom. The average Bonchev–Trinajstić information content (AvgIpc) is 3.19. The van der Waals surface area contributed by atoms with Crippen molar-refractivity contribution in [3.63, 3.8) is 0 Å². The molecular weight excluding hydrogens is 356 g/mol. The first-order chi connectivity index (χ1) is 13.0. The minimum atomic E-state index is -1.24. The van der Waals surface area contributed by atoms with Gasteiger partial charge in [-0.15, -0.1) is 0 Å². The SMILES string of the molecule is Nc1nc(NC2CCC(O)CC2)nc2c1ncn2[C@@H]1O[C@H](CO)[C@@H](O)[C@H]1O. The van der Waals surface area contributed by atoms with Crippen LogP contribution in [0.5, 0.6) is 0 Å². The highest BCUT2D eigenvalue weighted by Gasteiger charge is 2.44. The molecule has 27 heavy (non-hydrogen) atoms. The average molecular weight is 380 g/mol. The number of hydrogen-bond donors (Lipinski definition) is 6. The van der Waals surface area contributed by atoms with Crippen molar-refractivity contribution in [1.82, 2.24) is 19.5 Å². The molecule has 0 amide bonds. The quantitative estimate of drug-likeness (QED) is 0.376. The predicted molar refractivity (Wildman–Crippen MR) is 94.6 cm³/mol. The molecule has 1 saturated heterocycles.